The molecule has 0 saturated heterocycles. The van der Waals surface area contributed by atoms with Gasteiger partial charge in [-0.05, 0) is 43.0 Å². The number of ether oxygens (including phenoxy) is 1. The van der Waals surface area contributed by atoms with E-state index in [9.17, 15) is 14.4 Å². The molecule has 6 heteroatoms. The Kier molecular flexibility index (Phi) is 6.57. The second-order valence-corrected chi connectivity index (χ2v) is 6.54. The highest BCUT2D eigenvalue weighted by Crippen LogP contribution is 2.21. The average Bonchev–Trinajstić information content (AvgIpc) is 3.20. The summed E-state index contributed by atoms with van der Waals surface area (Å²) in [5, 5.41) is 5.42. The number of hydrogen-bond acceptors (Lipinski definition) is 4. The Morgan fingerprint density at radius 2 is 1.71 bits per heavy atom. The van der Waals surface area contributed by atoms with Crippen LogP contribution in [0.4, 0.5) is 11.4 Å². The first-order valence-electron chi connectivity index (χ1n) is 9.19. The molecule has 6 nitrogen and oxygen atoms in total. The molecule has 0 bridgehead atoms. The monoisotopic (exact) mass is 378 g/mol. The Balaban J connectivity index is 1.55. The molecule has 3 rings (SSSR count). The fourth-order valence-corrected chi connectivity index (χ4v) is 2.98. The minimum atomic E-state index is -0.490. The molecule has 0 aromatic heterocycles. The number of carbonyl (C=O) groups excluding carboxylic acids is 3. The smallest absolute Gasteiger partial charge is 0.306 e. The number of carbonyl (C=O) groups is 3. The maximum atomic E-state index is 12.5. The van der Waals surface area contributed by atoms with Crippen LogP contribution >= 0.6 is 0 Å². The van der Waals surface area contributed by atoms with E-state index in [1.54, 1.807) is 36.4 Å². The molecule has 2 aromatic rings. The lowest BCUT2D eigenvalue weighted by Crippen LogP contribution is -2.23. The number of hydrogen-bond donors (Lipinski definition) is 2. The summed E-state index contributed by atoms with van der Waals surface area (Å²) < 4.78 is 5.05. The molecule has 1 atom stereocenters. The fourth-order valence-electron chi connectivity index (χ4n) is 2.98. The van der Waals surface area contributed by atoms with E-state index in [4.69, 9.17) is 4.74 Å². The third kappa shape index (κ3) is 5.54. The highest BCUT2D eigenvalue weighted by molar-refractivity contribution is 6.10. The Morgan fingerprint density at radius 3 is 2.46 bits per heavy atom. The van der Waals surface area contributed by atoms with Crippen LogP contribution in [-0.2, 0) is 14.3 Å². The average molecular weight is 378 g/mol. The van der Waals surface area contributed by atoms with Crippen molar-refractivity contribution in [3.05, 3.63) is 72.3 Å². The van der Waals surface area contributed by atoms with Gasteiger partial charge in [0.1, 0.15) is 0 Å². The van der Waals surface area contributed by atoms with Crippen molar-refractivity contribution in [1.29, 1.82) is 0 Å². The Morgan fingerprint density at radius 1 is 0.964 bits per heavy atom. The van der Waals surface area contributed by atoms with Gasteiger partial charge in [-0.3, -0.25) is 14.4 Å². The minimum Gasteiger partial charge on any atom is -0.456 e. The van der Waals surface area contributed by atoms with Crippen molar-refractivity contribution in [3.8, 4) is 0 Å². The molecule has 0 heterocycles. The van der Waals surface area contributed by atoms with Gasteiger partial charge in [0.25, 0.3) is 11.8 Å². The first kappa shape index (κ1) is 19.4. The number of anilines is 2. The summed E-state index contributed by atoms with van der Waals surface area (Å²) in [6.45, 7) is -0.385. The molecular weight excluding hydrogens is 356 g/mol. The van der Waals surface area contributed by atoms with Gasteiger partial charge in [-0.2, -0.15) is 0 Å². The zero-order chi connectivity index (χ0) is 19.8. The molecule has 28 heavy (non-hydrogen) atoms. The molecule has 0 radical (unpaired) electrons. The van der Waals surface area contributed by atoms with Gasteiger partial charge in [0.2, 0.25) is 0 Å². The van der Waals surface area contributed by atoms with Gasteiger partial charge in [0, 0.05) is 5.69 Å². The molecule has 0 spiro atoms. The summed E-state index contributed by atoms with van der Waals surface area (Å²) in [4.78, 5) is 36.5. The van der Waals surface area contributed by atoms with Gasteiger partial charge in [-0.25, -0.2) is 0 Å². The van der Waals surface area contributed by atoms with E-state index < -0.39 is 11.9 Å². The van der Waals surface area contributed by atoms with Crippen molar-refractivity contribution in [1.82, 2.24) is 0 Å². The largest absolute Gasteiger partial charge is 0.456 e. The normalized spacial score (nSPS) is 15.1. The van der Waals surface area contributed by atoms with Crippen LogP contribution in [0.1, 0.15) is 29.6 Å². The van der Waals surface area contributed by atoms with Crippen LogP contribution in [0, 0.1) is 5.92 Å². The lowest BCUT2D eigenvalue weighted by Gasteiger charge is -2.12. The van der Waals surface area contributed by atoms with Crippen molar-refractivity contribution >= 4 is 29.2 Å². The number of benzene rings is 2. The van der Waals surface area contributed by atoms with Crippen molar-refractivity contribution < 1.29 is 19.1 Å². The van der Waals surface area contributed by atoms with Crippen LogP contribution in [0.5, 0.6) is 0 Å². The summed E-state index contributed by atoms with van der Waals surface area (Å²) in [5.41, 5.74) is 1.33. The van der Waals surface area contributed by atoms with E-state index in [-0.39, 0.29) is 24.9 Å². The van der Waals surface area contributed by atoms with E-state index >= 15 is 0 Å². The van der Waals surface area contributed by atoms with E-state index in [2.05, 4.69) is 10.6 Å². The molecule has 0 saturated carbocycles. The van der Waals surface area contributed by atoms with Crippen LogP contribution in [0.2, 0.25) is 0 Å². The molecule has 1 aliphatic rings. The first-order valence-corrected chi connectivity index (χ1v) is 9.19. The van der Waals surface area contributed by atoms with Crippen LogP contribution in [0.3, 0.4) is 0 Å². The van der Waals surface area contributed by atoms with Gasteiger partial charge < -0.3 is 15.4 Å². The van der Waals surface area contributed by atoms with Crippen LogP contribution in [0.15, 0.2) is 66.7 Å². The van der Waals surface area contributed by atoms with E-state index in [1.165, 1.54) is 0 Å². The number of allylic oxidation sites excluding steroid dienone is 2. The standard InChI is InChI=1S/C22H22N2O4/c25-20(15-28-21(26)14-16-8-4-5-9-16)24-19-13-7-6-12-18(19)22(27)23-17-10-2-1-3-11-17/h1-4,6-8,10-13,16H,5,9,14-15H2,(H,23,27)(H,24,25)/t16-/m1/s1. The summed E-state index contributed by atoms with van der Waals surface area (Å²) >= 11 is 0. The zero-order valence-corrected chi connectivity index (χ0v) is 15.4. The third-order valence-corrected chi connectivity index (χ3v) is 4.38. The molecular formula is C22H22N2O4. The van der Waals surface area contributed by atoms with Gasteiger partial charge in [0.05, 0.1) is 17.7 Å². The summed E-state index contributed by atoms with van der Waals surface area (Å²) in [5.74, 6) is -1.04. The van der Waals surface area contributed by atoms with Crippen LogP contribution in [-0.4, -0.2) is 24.4 Å². The van der Waals surface area contributed by atoms with Gasteiger partial charge in [0.15, 0.2) is 6.61 Å². The van der Waals surface area contributed by atoms with Gasteiger partial charge in [-0.1, -0.05) is 42.5 Å². The lowest BCUT2D eigenvalue weighted by atomic mass is 10.1. The molecule has 144 valence electrons. The molecule has 2 aromatic carbocycles. The zero-order valence-electron chi connectivity index (χ0n) is 15.4. The highest BCUT2D eigenvalue weighted by atomic mass is 16.5. The van der Waals surface area contributed by atoms with Crippen molar-refractivity contribution in [3.63, 3.8) is 0 Å². The summed E-state index contributed by atoms with van der Waals surface area (Å²) in [6, 6.07) is 15.7. The quantitative estimate of drug-likeness (QED) is 0.567. The Hall–Kier alpha value is -3.41. The molecule has 0 unspecified atom stereocenters. The van der Waals surface area contributed by atoms with Crippen molar-refractivity contribution in [2.24, 2.45) is 5.92 Å². The topological polar surface area (TPSA) is 84.5 Å². The molecule has 2 amide bonds. The third-order valence-electron chi connectivity index (χ3n) is 4.38. The first-order chi connectivity index (χ1) is 13.6. The number of para-hydroxylation sites is 2. The van der Waals surface area contributed by atoms with Gasteiger partial charge in [-0.15, -0.1) is 0 Å². The second kappa shape index (κ2) is 9.50. The van der Waals surface area contributed by atoms with Crippen molar-refractivity contribution in [2.45, 2.75) is 19.3 Å². The van der Waals surface area contributed by atoms with Crippen LogP contribution < -0.4 is 10.6 Å². The summed E-state index contributed by atoms with van der Waals surface area (Å²) in [7, 11) is 0. The van der Waals surface area contributed by atoms with E-state index in [1.807, 2.05) is 30.4 Å². The fraction of sp³-hybridized carbons (Fsp3) is 0.227. The number of amides is 2. The predicted molar refractivity (Wildman–Crippen MR) is 107 cm³/mol. The molecule has 1 aliphatic carbocycles. The molecule has 0 fully saturated rings. The second-order valence-electron chi connectivity index (χ2n) is 6.54. The number of esters is 1. The van der Waals surface area contributed by atoms with Crippen molar-refractivity contribution in [2.75, 3.05) is 17.2 Å². The lowest BCUT2D eigenvalue weighted by molar-refractivity contribution is -0.147. The van der Waals surface area contributed by atoms with E-state index in [0.717, 1.165) is 12.8 Å². The number of nitrogens with one attached hydrogen (secondary N) is 2. The SMILES string of the molecule is O=C(COC(=O)C[C@@H]1C=CCC1)Nc1ccccc1C(=O)Nc1ccccc1. The molecule has 0 aliphatic heterocycles. The van der Waals surface area contributed by atoms with Gasteiger partial charge >= 0.3 is 5.97 Å². The Labute approximate surface area is 163 Å². The van der Waals surface area contributed by atoms with E-state index in [0.29, 0.717) is 16.9 Å². The van der Waals surface area contributed by atoms with Crippen LogP contribution in [0.25, 0.3) is 0 Å². The minimum absolute atomic E-state index is 0.193. The maximum absolute atomic E-state index is 12.5. The highest BCUT2D eigenvalue weighted by Gasteiger charge is 2.17. The maximum Gasteiger partial charge on any atom is 0.306 e. The number of rotatable bonds is 7. The molecule has 2 N–H and O–H groups in total. The summed E-state index contributed by atoms with van der Waals surface area (Å²) in [6.07, 6.45) is 6.23. The Bertz CT molecular complexity index is 877. The predicted octanol–water partition coefficient (Wildman–Crippen LogP) is 3.78.